The van der Waals surface area contributed by atoms with Crippen molar-refractivity contribution in [3.63, 3.8) is 0 Å². The summed E-state index contributed by atoms with van der Waals surface area (Å²) in [5.74, 6) is 1.88. The van der Waals surface area contributed by atoms with Crippen molar-refractivity contribution in [2.75, 3.05) is 26.7 Å². The third-order valence-corrected chi connectivity index (χ3v) is 7.07. The monoisotopic (exact) mass is 448 g/mol. The minimum atomic E-state index is 0.833. The molecule has 0 spiro atoms. The fourth-order valence-electron chi connectivity index (χ4n) is 4.89. The van der Waals surface area contributed by atoms with E-state index in [0.717, 1.165) is 43.4 Å². The fourth-order valence-corrected chi connectivity index (χ4v) is 4.89. The maximum atomic E-state index is 6.12. The molecule has 2 aromatic rings. The molecule has 33 heavy (non-hydrogen) atoms. The summed E-state index contributed by atoms with van der Waals surface area (Å²) in [5.41, 5.74) is 6.50. The minimum absolute atomic E-state index is 0.833. The van der Waals surface area contributed by atoms with Crippen LogP contribution in [-0.2, 0) is 19.4 Å². The molecule has 0 radical (unpaired) electrons. The molecule has 3 nitrogen and oxygen atoms in total. The lowest BCUT2D eigenvalue weighted by Crippen LogP contribution is -2.33. The van der Waals surface area contributed by atoms with E-state index in [1.165, 1.54) is 73.9 Å². The molecule has 0 aliphatic carbocycles. The highest BCUT2D eigenvalue weighted by atomic mass is 16.5. The highest BCUT2D eigenvalue weighted by Crippen LogP contribution is 2.25. The third-order valence-electron chi connectivity index (χ3n) is 7.07. The summed E-state index contributed by atoms with van der Waals surface area (Å²) < 4.78 is 6.12. The number of rotatable bonds is 13. The van der Waals surface area contributed by atoms with Crippen molar-refractivity contribution in [1.29, 1.82) is 0 Å². The molecular weight excluding hydrogens is 404 g/mol. The molecule has 1 saturated heterocycles. The molecule has 3 heteroatoms. The van der Waals surface area contributed by atoms with E-state index in [-0.39, 0.29) is 0 Å². The van der Waals surface area contributed by atoms with E-state index in [1.807, 2.05) is 7.05 Å². The third kappa shape index (κ3) is 7.92. The van der Waals surface area contributed by atoms with Gasteiger partial charge in [0.15, 0.2) is 0 Å². The van der Waals surface area contributed by atoms with Crippen molar-refractivity contribution in [3.05, 3.63) is 71.3 Å². The van der Waals surface area contributed by atoms with Crippen molar-refractivity contribution < 1.29 is 4.74 Å². The Balaban J connectivity index is 1.36. The van der Waals surface area contributed by atoms with Crippen LogP contribution in [0.4, 0.5) is 0 Å². The average Bonchev–Trinajstić information content (AvgIpc) is 2.86. The van der Waals surface area contributed by atoms with Gasteiger partial charge in [-0.15, -0.1) is 0 Å². The summed E-state index contributed by atoms with van der Waals surface area (Å²) in [5, 5.41) is 3.15. The van der Waals surface area contributed by atoms with Crippen molar-refractivity contribution in [2.24, 2.45) is 5.92 Å². The Morgan fingerprint density at radius 3 is 2.61 bits per heavy atom. The second-order valence-corrected chi connectivity index (χ2v) is 9.53. The SMILES string of the molecule is C=C(NC)c1cccc(CN2CCC(CCCOc3ccc(CCCC)c(CC)c3)CC2)c1. The second-order valence-electron chi connectivity index (χ2n) is 9.53. The summed E-state index contributed by atoms with van der Waals surface area (Å²) in [6.45, 7) is 12.9. The van der Waals surface area contributed by atoms with E-state index in [0.29, 0.717) is 0 Å². The van der Waals surface area contributed by atoms with Gasteiger partial charge in [-0.3, -0.25) is 4.90 Å². The summed E-state index contributed by atoms with van der Waals surface area (Å²) in [7, 11) is 1.93. The molecule has 2 aromatic carbocycles. The second kappa shape index (κ2) is 13.4. The van der Waals surface area contributed by atoms with Crippen molar-refractivity contribution in [3.8, 4) is 5.75 Å². The predicted molar refractivity (Wildman–Crippen MR) is 142 cm³/mol. The number of ether oxygens (including phenoxy) is 1. The van der Waals surface area contributed by atoms with Gasteiger partial charge in [-0.1, -0.05) is 51.1 Å². The number of likely N-dealkylation sites (tertiary alicyclic amines) is 1. The number of hydrogen-bond donors (Lipinski definition) is 1. The summed E-state index contributed by atoms with van der Waals surface area (Å²) in [4.78, 5) is 2.60. The Bertz CT molecular complexity index is 867. The molecule has 1 heterocycles. The van der Waals surface area contributed by atoms with Crippen LogP contribution in [0.3, 0.4) is 0 Å². The standard InChI is InChI=1S/C30H44N2O/c1-5-7-12-28-14-15-30(22-27(28)6-2)33-20-9-11-25-16-18-32(19-17-25)23-26-10-8-13-29(21-26)24(3)31-4/h8,10,13-15,21-22,25,31H,3,5-7,9,11-12,16-20,23H2,1-2,4H3. The Hall–Kier alpha value is -2.26. The van der Waals surface area contributed by atoms with E-state index in [1.54, 1.807) is 0 Å². The highest BCUT2D eigenvalue weighted by Gasteiger charge is 2.19. The van der Waals surface area contributed by atoms with Crippen LogP contribution in [0.15, 0.2) is 49.0 Å². The molecule has 0 aromatic heterocycles. The molecule has 180 valence electrons. The lowest BCUT2D eigenvalue weighted by molar-refractivity contribution is 0.166. The first kappa shape index (κ1) is 25.4. The van der Waals surface area contributed by atoms with E-state index in [4.69, 9.17) is 4.74 Å². The van der Waals surface area contributed by atoms with Crippen LogP contribution in [0.25, 0.3) is 5.70 Å². The zero-order valence-electron chi connectivity index (χ0n) is 21.2. The maximum absolute atomic E-state index is 6.12. The van der Waals surface area contributed by atoms with Crippen molar-refractivity contribution >= 4 is 5.70 Å². The topological polar surface area (TPSA) is 24.5 Å². The molecule has 1 aliphatic rings. The van der Waals surface area contributed by atoms with Crippen molar-refractivity contribution in [2.45, 2.75) is 71.8 Å². The maximum Gasteiger partial charge on any atom is 0.119 e. The van der Waals surface area contributed by atoms with E-state index >= 15 is 0 Å². The number of benzene rings is 2. The summed E-state index contributed by atoms with van der Waals surface area (Å²) >= 11 is 0. The number of aryl methyl sites for hydroxylation is 2. The van der Waals surface area contributed by atoms with Gasteiger partial charge in [0.25, 0.3) is 0 Å². The van der Waals surface area contributed by atoms with Gasteiger partial charge in [0.05, 0.1) is 6.61 Å². The Morgan fingerprint density at radius 1 is 1.06 bits per heavy atom. The molecule has 0 bridgehead atoms. The first-order valence-electron chi connectivity index (χ1n) is 13.1. The molecule has 1 aliphatic heterocycles. The van der Waals surface area contributed by atoms with E-state index < -0.39 is 0 Å². The van der Waals surface area contributed by atoms with Crippen LogP contribution < -0.4 is 10.1 Å². The molecule has 0 amide bonds. The van der Waals surface area contributed by atoms with Gasteiger partial charge in [0, 0.05) is 19.3 Å². The van der Waals surface area contributed by atoms with Gasteiger partial charge in [-0.05, 0) is 104 Å². The predicted octanol–water partition coefficient (Wildman–Crippen LogP) is 6.85. The van der Waals surface area contributed by atoms with Crippen LogP contribution in [0.5, 0.6) is 5.75 Å². The molecule has 3 rings (SSSR count). The van der Waals surface area contributed by atoms with Crippen LogP contribution in [0.1, 0.15) is 74.6 Å². The number of hydrogen-bond acceptors (Lipinski definition) is 3. The van der Waals surface area contributed by atoms with Gasteiger partial charge in [0.2, 0.25) is 0 Å². The molecule has 0 atom stereocenters. The van der Waals surface area contributed by atoms with Gasteiger partial charge < -0.3 is 10.1 Å². The van der Waals surface area contributed by atoms with Gasteiger partial charge in [-0.25, -0.2) is 0 Å². The first-order chi connectivity index (χ1) is 16.1. The Morgan fingerprint density at radius 2 is 1.88 bits per heavy atom. The molecule has 0 unspecified atom stereocenters. The van der Waals surface area contributed by atoms with Crippen molar-refractivity contribution in [1.82, 2.24) is 10.2 Å². The number of nitrogens with zero attached hydrogens (tertiary/aromatic N) is 1. The van der Waals surface area contributed by atoms with E-state index in [2.05, 4.69) is 73.1 Å². The van der Waals surface area contributed by atoms with Gasteiger partial charge in [0.1, 0.15) is 5.75 Å². The Kier molecular flexibility index (Phi) is 10.3. The number of piperidine rings is 1. The lowest BCUT2D eigenvalue weighted by Gasteiger charge is -2.32. The number of nitrogens with one attached hydrogen (secondary N) is 1. The zero-order valence-corrected chi connectivity index (χ0v) is 21.2. The van der Waals surface area contributed by atoms with Gasteiger partial charge >= 0.3 is 0 Å². The Labute approximate surface area is 202 Å². The quantitative estimate of drug-likeness (QED) is 0.339. The average molecular weight is 449 g/mol. The molecule has 1 fully saturated rings. The normalized spacial score (nSPS) is 14.9. The molecule has 1 N–H and O–H groups in total. The van der Waals surface area contributed by atoms with Crippen LogP contribution in [-0.4, -0.2) is 31.6 Å². The van der Waals surface area contributed by atoms with E-state index in [9.17, 15) is 0 Å². The lowest BCUT2D eigenvalue weighted by atomic mass is 9.92. The smallest absolute Gasteiger partial charge is 0.119 e. The first-order valence-corrected chi connectivity index (χ1v) is 13.1. The minimum Gasteiger partial charge on any atom is -0.494 e. The number of unbranched alkanes of at least 4 members (excludes halogenated alkanes) is 1. The molecule has 0 saturated carbocycles. The summed E-state index contributed by atoms with van der Waals surface area (Å²) in [6.07, 6.45) is 9.83. The summed E-state index contributed by atoms with van der Waals surface area (Å²) in [6, 6.07) is 15.5. The zero-order chi connectivity index (χ0) is 23.5. The molecular formula is C30H44N2O. The highest BCUT2D eigenvalue weighted by molar-refractivity contribution is 5.61. The van der Waals surface area contributed by atoms with Gasteiger partial charge in [-0.2, -0.15) is 0 Å². The van der Waals surface area contributed by atoms with Crippen LogP contribution in [0, 0.1) is 5.92 Å². The fraction of sp³-hybridized carbons (Fsp3) is 0.533. The largest absolute Gasteiger partial charge is 0.494 e. The van der Waals surface area contributed by atoms with Crippen LogP contribution in [0.2, 0.25) is 0 Å². The van der Waals surface area contributed by atoms with Crippen LogP contribution >= 0.6 is 0 Å².